The molecule has 8 heteroatoms. The van der Waals surface area contributed by atoms with Crippen LogP contribution in [-0.4, -0.2) is 44.8 Å². The zero-order chi connectivity index (χ0) is 19.5. The molecular weight excluding hydrogens is 332 g/mol. The Hall–Kier alpha value is -2.77. The molecule has 0 aliphatic rings. The first-order valence-corrected chi connectivity index (χ1v) is 7.62. The third kappa shape index (κ3) is 10.6. The average Bonchev–Trinajstić information content (AvgIpc) is 2.45. The maximum atomic E-state index is 11.4. The van der Waals surface area contributed by atoms with Crippen LogP contribution in [-0.2, 0) is 24.0 Å². The van der Waals surface area contributed by atoms with Crippen molar-refractivity contribution in [1.29, 1.82) is 0 Å². The Morgan fingerprint density at radius 1 is 0.840 bits per heavy atom. The smallest absolute Gasteiger partial charge is 0.311 e. The third-order valence-electron chi connectivity index (χ3n) is 3.44. The van der Waals surface area contributed by atoms with Crippen LogP contribution in [0.15, 0.2) is 24.3 Å². The molecule has 0 aliphatic heterocycles. The fourth-order valence-electron chi connectivity index (χ4n) is 1.99. The highest BCUT2D eigenvalue weighted by Crippen LogP contribution is 2.29. The molecule has 8 nitrogen and oxygen atoms in total. The minimum Gasteiger partial charge on any atom is -0.481 e. The largest absolute Gasteiger partial charge is 0.481 e. The lowest BCUT2D eigenvalue weighted by atomic mass is 9.81. The summed E-state index contributed by atoms with van der Waals surface area (Å²) in [5.41, 5.74) is -1.13. The van der Waals surface area contributed by atoms with Gasteiger partial charge in [0, 0.05) is 0 Å². The van der Waals surface area contributed by atoms with Gasteiger partial charge in [-0.15, -0.1) is 0 Å². The fraction of sp³-hybridized carbons (Fsp3) is 0.471. The van der Waals surface area contributed by atoms with Crippen LogP contribution in [0.4, 0.5) is 0 Å². The van der Waals surface area contributed by atoms with Gasteiger partial charge in [0.1, 0.15) is 12.8 Å². The lowest BCUT2D eigenvalue weighted by Crippen LogP contribution is -2.26. The number of hydrogen-bond acceptors (Lipinski definition) is 5. The van der Waals surface area contributed by atoms with E-state index in [9.17, 15) is 29.1 Å². The summed E-state index contributed by atoms with van der Waals surface area (Å²) in [4.78, 5) is 54.5. The van der Waals surface area contributed by atoms with E-state index in [0.717, 1.165) is 12.2 Å². The number of carbonyl (C=O) groups is 5. The molecule has 138 valence electrons. The summed E-state index contributed by atoms with van der Waals surface area (Å²) < 4.78 is 0. The zero-order valence-corrected chi connectivity index (χ0v) is 13.9. The second kappa shape index (κ2) is 10.9. The van der Waals surface area contributed by atoms with Crippen molar-refractivity contribution in [3.63, 3.8) is 0 Å². The Balaban J connectivity index is 4.46. The van der Waals surface area contributed by atoms with Crippen LogP contribution < -0.4 is 0 Å². The summed E-state index contributed by atoms with van der Waals surface area (Å²) in [5, 5.41) is 26.3. The van der Waals surface area contributed by atoms with Crippen molar-refractivity contribution in [1.82, 2.24) is 0 Å². The van der Waals surface area contributed by atoms with Gasteiger partial charge in [-0.2, -0.15) is 0 Å². The van der Waals surface area contributed by atoms with Crippen LogP contribution >= 0.6 is 0 Å². The van der Waals surface area contributed by atoms with Crippen molar-refractivity contribution in [2.75, 3.05) is 0 Å². The molecule has 1 unspecified atom stereocenters. The fourth-order valence-corrected chi connectivity index (χ4v) is 1.99. The number of allylic oxidation sites excluding steroid dienone is 4. The van der Waals surface area contributed by atoms with Crippen LogP contribution in [0.5, 0.6) is 0 Å². The van der Waals surface area contributed by atoms with Gasteiger partial charge in [-0.25, -0.2) is 0 Å². The minimum atomic E-state index is -1.25. The standard InChI is InChI=1S/C17H22O8/c1-17(16(24)25,9-5-7-13(19)11-15(22)23)8-4-2-3-6-12(18)10-14(20)21/h3,5-7H,2,4,8-11H2,1H3,(H,20,21)(H,22,23)(H,24,25). The lowest BCUT2D eigenvalue weighted by Gasteiger charge is -2.22. The molecule has 0 heterocycles. The number of carboxylic acid groups (broad SMARTS) is 3. The van der Waals surface area contributed by atoms with Gasteiger partial charge < -0.3 is 15.3 Å². The summed E-state index contributed by atoms with van der Waals surface area (Å²) in [6, 6.07) is 0. The van der Waals surface area contributed by atoms with E-state index >= 15 is 0 Å². The van der Waals surface area contributed by atoms with Gasteiger partial charge in [-0.05, 0) is 44.8 Å². The van der Waals surface area contributed by atoms with Gasteiger partial charge in [0.2, 0.25) is 0 Å². The molecule has 25 heavy (non-hydrogen) atoms. The number of ketones is 2. The molecule has 0 saturated heterocycles. The zero-order valence-electron chi connectivity index (χ0n) is 13.9. The van der Waals surface area contributed by atoms with Crippen LogP contribution in [0.3, 0.4) is 0 Å². The van der Waals surface area contributed by atoms with Gasteiger partial charge in [0.15, 0.2) is 11.6 Å². The highest BCUT2D eigenvalue weighted by atomic mass is 16.4. The first-order valence-electron chi connectivity index (χ1n) is 7.62. The van der Waals surface area contributed by atoms with Gasteiger partial charge in [0.25, 0.3) is 0 Å². The van der Waals surface area contributed by atoms with Crippen molar-refractivity contribution in [2.24, 2.45) is 5.41 Å². The molecule has 0 spiro atoms. The van der Waals surface area contributed by atoms with Crippen molar-refractivity contribution in [3.8, 4) is 0 Å². The van der Waals surface area contributed by atoms with Gasteiger partial charge in [-0.3, -0.25) is 24.0 Å². The minimum absolute atomic E-state index is 0.0648. The van der Waals surface area contributed by atoms with Crippen LogP contribution in [0.1, 0.15) is 45.4 Å². The summed E-state index contributed by atoms with van der Waals surface area (Å²) >= 11 is 0. The SMILES string of the molecule is CC(CC=CC(=O)CC(=O)O)(CCCC=CC(=O)CC(=O)O)C(=O)O. The van der Waals surface area contributed by atoms with E-state index in [1.54, 1.807) is 0 Å². The monoisotopic (exact) mass is 354 g/mol. The van der Waals surface area contributed by atoms with Crippen LogP contribution in [0.2, 0.25) is 0 Å². The molecule has 0 saturated carbocycles. The molecule has 0 aromatic heterocycles. The Morgan fingerprint density at radius 3 is 1.76 bits per heavy atom. The van der Waals surface area contributed by atoms with Crippen LogP contribution in [0, 0.1) is 5.41 Å². The highest BCUT2D eigenvalue weighted by molar-refractivity contribution is 6.01. The number of carboxylic acids is 3. The number of unbranched alkanes of at least 4 members (excludes halogenated alkanes) is 1. The summed E-state index contributed by atoms with van der Waals surface area (Å²) in [6.45, 7) is 1.51. The quantitative estimate of drug-likeness (QED) is 0.258. The molecule has 0 bridgehead atoms. The topological polar surface area (TPSA) is 146 Å². The predicted octanol–water partition coefficient (Wildman–Crippen LogP) is 1.84. The molecule has 0 aromatic rings. The van der Waals surface area contributed by atoms with E-state index in [4.69, 9.17) is 10.2 Å². The second-order valence-electron chi connectivity index (χ2n) is 5.84. The normalized spacial score (nSPS) is 13.6. The van der Waals surface area contributed by atoms with Crippen LogP contribution in [0.25, 0.3) is 0 Å². The average molecular weight is 354 g/mol. The molecule has 0 radical (unpaired) electrons. The Bertz CT molecular complexity index is 587. The van der Waals surface area contributed by atoms with Crippen molar-refractivity contribution in [3.05, 3.63) is 24.3 Å². The molecule has 0 rings (SSSR count). The van der Waals surface area contributed by atoms with E-state index in [0.29, 0.717) is 12.8 Å². The number of rotatable bonds is 13. The maximum absolute atomic E-state index is 11.4. The Morgan fingerprint density at radius 2 is 1.32 bits per heavy atom. The first-order chi connectivity index (χ1) is 11.6. The number of hydrogen-bond donors (Lipinski definition) is 3. The van der Waals surface area contributed by atoms with Gasteiger partial charge >= 0.3 is 17.9 Å². The summed E-state index contributed by atoms with van der Waals surface area (Å²) in [7, 11) is 0. The molecule has 0 aliphatic carbocycles. The van der Waals surface area contributed by atoms with E-state index in [1.807, 2.05) is 0 Å². The summed E-state index contributed by atoms with van der Waals surface area (Å²) in [6.07, 6.45) is 5.06. The summed E-state index contributed by atoms with van der Waals surface area (Å²) in [5.74, 6) is -4.65. The highest BCUT2D eigenvalue weighted by Gasteiger charge is 2.31. The van der Waals surface area contributed by atoms with Gasteiger partial charge in [0.05, 0.1) is 5.41 Å². The van der Waals surface area contributed by atoms with E-state index < -0.39 is 47.7 Å². The number of carbonyl (C=O) groups excluding carboxylic acids is 2. The molecule has 0 amide bonds. The molecule has 0 aromatic carbocycles. The first kappa shape index (κ1) is 22.2. The van der Waals surface area contributed by atoms with Crippen molar-refractivity contribution >= 4 is 29.5 Å². The number of aliphatic carboxylic acids is 3. The van der Waals surface area contributed by atoms with E-state index in [1.165, 1.54) is 19.1 Å². The van der Waals surface area contributed by atoms with Gasteiger partial charge in [-0.1, -0.05) is 12.2 Å². The predicted molar refractivity (Wildman–Crippen MR) is 87.0 cm³/mol. The maximum Gasteiger partial charge on any atom is 0.311 e. The van der Waals surface area contributed by atoms with E-state index in [-0.39, 0.29) is 12.8 Å². The molecule has 0 fully saturated rings. The molecule has 3 N–H and O–H groups in total. The molecular formula is C17H22O8. The van der Waals surface area contributed by atoms with Crippen molar-refractivity contribution in [2.45, 2.75) is 45.4 Å². The van der Waals surface area contributed by atoms with E-state index in [2.05, 4.69) is 0 Å². The second-order valence-corrected chi connectivity index (χ2v) is 5.84. The van der Waals surface area contributed by atoms with Crippen molar-refractivity contribution < 1.29 is 39.3 Å². The third-order valence-corrected chi connectivity index (χ3v) is 3.44. The Kier molecular flexibility index (Phi) is 9.69. The molecule has 1 atom stereocenters. The Labute approximate surface area is 144 Å². The lowest BCUT2D eigenvalue weighted by molar-refractivity contribution is -0.148.